The Morgan fingerprint density at radius 2 is 1.72 bits per heavy atom. The number of thioether (sulfide) groups is 1. The van der Waals surface area contributed by atoms with Crippen LogP contribution < -0.4 is 4.98 Å². The monoisotopic (exact) mass is 307 g/mol. The van der Waals surface area contributed by atoms with Gasteiger partial charge in [0.25, 0.3) is 0 Å². The first kappa shape index (κ1) is 18.2. The molecule has 108 valence electrons. The fourth-order valence-corrected chi connectivity index (χ4v) is 5.02. The van der Waals surface area contributed by atoms with E-state index >= 15 is 0 Å². The zero-order valence-corrected chi connectivity index (χ0v) is 16.0. The van der Waals surface area contributed by atoms with E-state index in [9.17, 15) is 4.79 Å². The van der Waals surface area contributed by atoms with Crippen molar-refractivity contribution in [3.8, 4) is 0 Å². The van der Waals surface area contributed by atoms with E-state index in [1.165, 1.54) is 0 Å². The van der Waals surface area contributed by atoms with Crippen LogP contribution in [0.4, 0.5) is 0 Å². The normalized spacial score (nSPS) is 16.2. The summed E-state index contributed by atoms with van der Waals surface area (Å²) in [5.74, 6) is 0.896. The van der Waals surface area contributed by atoms with Gasteiger partial charge in [0.1, 0.15) is 13.8 Å². The van der Waals surface area contributed by atoms with E-state index in [0.29, 0.717) is 0 Å². The standard InChI is InChI=1S/C12H29NO2SSi2/c1-12(9-10-16-2,13-17(3,4)5)11(14)15-18(6,7)8/h13H,9-10H2,1-8H3. The van der Waals surface area contributed by atoms with E-state index in [-0.39, 0.29) is 5.97 Å². The second-order valence-electron chi connectivity index (χ2n) is 6.95. The second kappa shape index (κ2) is 6.59. The molecule has 0 aromatic carbocycles. The smallest absolute Gasteiger partial charge is 0.312 e. The minimum absolute atomic E-state index is 0.0712. The van der Waals surface area contributed by atoms with Gasteiger partial charge in [0.2, 0.25) is 8.32 Å². The van der Waals surface area contributed by atoms with Crippen LogP contribution in [0.2, 0.25) is 39.3 Å². The van der Waals surface area contributed by atoms with Crippen LogP contribution >= 0.6 is 11.8 Å². The summed E-state index contributed by atoms with van der Waals surface area (Å²) in [6, 6.07) is 0. The van der Waals surface area contributed by atoms with Crippen molar-refractivity contribution < 1.29 is 9.22 Å². The maximum Gasteiger partial charge on any atom is 0.312 e. The third kappa shape index (κ3) is 7.61. The minimum Gasteiger partial charge on any atom is -0.519 e. The molecule has 0 saturated carbocycles. The zero-order valence-electron chi connectivity index (χ0n) is 13.1. The highest BCUT2D eigenvalue weighted by molar-refractivity contribution is 7.98. The predicted molar refractivity (Wildman–Crippen MR) is 87.3 cm³/mol. The number of nitrogens with one attached hydrogen (secondary N) is 1. The lowest BCUT2D eigenvalue weighted by molar-refractivity contribution is -0.141. The fourth-order valence-electron chi connectivity index (χ4n) is 1.74. The molecular weight excluding hydrogens is 278 g/mol. The predicted octanol–water partition coefficient (Wildman–Crippen LogP) is 3.30. The van der Waals surface area contributed by atoms with Gasteiger partial charge in [-0.25, -0.2) is 0 Å². The first-order chi connectivity index (χ1) is 7.90. The van der Waals surface area contributed by atoms with Crippen molar-refractivity contribution in [2.24, 2.45) is 0 Å². The van der Waals surface area contributed by atoms with E-state index in [2.05, 4.69) is 50.5 Å². The summed E-state index contributed by atoms with van der Waals surface area (Å²) in [5, 5.41) is 0. The molecule has 0 bridgehead atoms. The molecule has 0 aromatic heterocycles. The largest absolute Gasteiger partial charge is 0.519 e. The number of hydrogen-bond acceptors (Lipinski definition) is 4. The van der Waals surface area contributed by atoms with Gasteiger partial charge < -0.3 is 9.41 Å². The molecule has 1 unspecified atom stereocenters. The Morgan fingerprint density at radius 3 is 2.06 bits per heavy atom. The Balaban J connectivity index is 4.91. The second-order valence-corrected chi connectivity index (χ2v) is 17.1. The Morgan fingerprint density at radius 1 is 1.22 bits per heavy atom. The van der Waals surface area contributed by atoms with Gasteiger partial charge >= 0.3 is 5.97 Å². The van der Waals surface area contributed by atoms with Crippen LogP contribution in [-0.4, -0.2) is 40.1 Å². The van der Waals surface area contributed by atoms with Gasteiger partial charge in [0.15, 0.2) is 0 Å². The summed E-state index contributed by atoms with van der Waals surface area (Å²) < 4.78 is 5.70. The highest BCUT2D eigenvalue weighted by Gasteiger charge is 2.39. The van der Waals surface area contributed by atoms with Gasteiger partial charge in [-0.15, -0.1) is 0 Å². The Bertz CT molecular complexity index is 287. The molecule has 1 N–H and O–H groups in total. The summed E-state index contributed by atoms with van der Waals surface area (Å²) >= 11 is 1.77. The molecule has 0 radical (unpaired) electrons. The Hall–Kier alpha value is 0.214. The molecule has 0 saturated heterocycles. The highest BCUT2D eigenvalue weighted by atomic mass is 32.2. The fraction of sp³-hybridized carbons (Fsp3) is 0.917. The molecule has 0 aliphatic rings. The minimum atomic E-state index is -1.83. The summed E-state index contributed by atoms with van der Waals surface area (Å²) in [7, 11) is -3.35. The van der Waals surface area contributed by atoms with E-state index in [1.807, 2.05) is 6.92 Å². The molecule has 18 heavy (non-hydrogen) atoms. The number of rotatable bonds is 7. The summed E-state index contributed by atoms with van der Waals surface area (Å²) in [6.07, 6.45) is 2.89. The lowest BCUT2D eigenvalue weighted by Gasteiger charge is -2.37. The first-order valence-corrected chi connectivity index (χ1v) is 14.7. The van der Waals surface area contributed by atoms with E-state index in [4.69, 9.17) is 4.43 Å². The average molecular weight is 308 g/mol. The van der Waals surface area contributed by atoms with Gasteiger partial charge in [0, 0.05) is 0 Å². The molecule has 0 spiro atoms. The highest BCUT2D eigenvalue weighted by Crippen LogP contribution is 2.20. The number of hydrogen-bond donors (Lipinski definition) is 1. The van der Waals surface area contributed by atoms with Crippen LogP contribution in [0.3, 0.4) is 0 Å². The van der Waals surface area contributed by atoms with Crippen LogP contribution in [0.5, 0.6) is 0 Å². The molecular formula is C12H29NO2SSi2. The summed E-state index contributed by atoms with van der Waals surface area (Å²) in [5.41, 5.74) is -0.534. The van der Waals surface area contributed by atoms with Crippen molar-refractivity contribution in [3.05, 3.63) is 0 Å². The quantitative estimate of drug-likeness (QED) is 0.732. The summed E-state index contributed by atoms with van der Waals surface area (Å²) in [4.78, 5) is 16.0. The molecule has 0 rings (SSSR count). The number of carbonyl (C=O) groups excluding carboxylic acids is 1. The molecule has 1 atom stereocenters. The Labute approximate surface area is 119 Å². The lowest BCUT2D eigenvalue weighted by Crippen LogP contribution is -2.61. The van der Waals surface area contributed by atoms with Crippen molar-refractivity contribution in [2.45, 2.75) is 58.2 Å². The third-order valence-electron chi connectivity index (χ3n) is 2.31. The van der Waals surface area contributed by atoms with E-state index < -0.39 is 22.1 Å². The molecule has 0 aliphatic heterocycles. The summed E-state index contributed by atoms with van der Waals surface area (Å²) in [6.45, 7) is 14.8. The molecule has 0 heterocycles. The topological polar surface area (TPSA) is 38.3 Å². The Kier molecular flexibility index (Phi) is 6.66. The van der Waals surface area contributed by atoms with Gasteiger partial charge in [-0.3, -0.25) is 4.79 Å². The molecule has 6 heteroatoms. The van der Waals surface area contributed by atoms with E-state index in [0.717, 1.165) is 12.2 Å². The van der Waals surface area contributed by atoms with Crippen molar-refractivity contribution in [1.29, 1.82) is 0 Å². The van der Waals surface area contributed by atoms with Crippen molar-refractivity contribution in [2.75, 3.05) is 12.0 Å². The maximum atomic E-state index is 12.4. The molecule has 0 aromatic rings. The van der Waals surface area contributed by atoms with Crippen molar-refractivity contribution in [1.82, 2.24) is 4.98 Å². The third-order valence-corrected chi connectivity index (χ3v) is 5.02. The van der Waals surface area contributed by atoms with Crippen LogP contribution in [0.1, 0.15) is 13.3 Å². The molecule has 0 fully saturated rings. The zero-order chi connectivity index (χ0) is 14.6. The average Bonchev–Trinajstić information content (AvgIpc) is 2.09. The van der Waals surface area contributed by atoms with Gasteiger partial charge in [-0.1, -0.05) is 19.6 Å². The van der Waals surface area contributed by atoms with Gasteiger partial charge in [0.05, 0.1) is 0 Å². The van der Waals surface area contributed by atoms with Crippen LogP contribution in [0.15, 0.2) is 0 Å². The SMILES string of the molecule is CSCCC(C)(N[Si](C)(C)C)C(=O)O[Si](C)(C)C. The van der Waals surface area contributed by atoms with Crippen molar-refractivity contribution in [3.63, 3.8) is 0 Å². The van der Waals surface area contributed by atoms with Crippen LogP contribution in [0, 0.1) is 0 Å². The van der Waals surface area contributed by atoms with Gasteiger partial charge in [-0.2, -0.15) is 11.8 Å². The maximum absolute atomic E-state index is 12.4. The van der Waals surface area contributed by atoms with Crippen LogP contribution in [-0.2, 0) is 9.22 Å². The molecule has 0 aliphatic carbocycles. The van der Waals surface area contributed by atoms with Crippen LogP contribution in [0.25, 0.3) is 0 Å². The first-order valence-electron chi connectivity index (χ1n) is 6.41. The molecule has 0 amide bonds. The lowest BCUT2D eigenvalue weighted by atomic mass is 10.0. The number of carbonyl (C=O) groups is 1. The van der Waals surface area contributed by atoms with Crippen molar-refractivity contribution >= 4 is 34.3 Å². The van der Waals surface area contributed by atoms with Gasteiger partial charge in [-0.05, 0) is 45.0 Å². The van der Waals surface area contributed by atoms with E-state index in [1.54, 1.807) is 11.8 Å². The molecule has 3 nitrogen and oxygen atoms in total.